The van der Waals surface area contributed by atoms with Crippen LogP contribution in [-0.2, 0) is 125 Å². The number of carbonyl (C=O) groups is 6. The van der Waals surface area contributed by atoms with Gasteiger partial charge in [0, 0.05) is 71.4 Å². The summed E-state index contributed by atoms with van der Waals surface area (Å²) in [7, 11) is 14.2. The Morgan fingerprint density at radius 2 is 0.703 bits per heavy atom. The molecular formula is C116H168N2O30. The molecule has 0 saturated carbocycles. The molecule has 9 aliphatic rings. The fourth-order valence-corrected chi connectivity index (χ4v) is 24.6. The maximum atomic E-state index is 15.4. The molecule has 32 nitrogen and oxygen atoms in total. The highest BCUT2D eigenvalue weighted by molar-refractivity contribution is 5.91. The van der Waals surface area contributed by atoms with E-state index in [4.69, 9.17) is 109 Å². The van der Waals surface area contributed by atoms with Crippen LogP contribution in [0.2, 0.25) is 0 Å². The maximum Gasteiger partial charge on any atom is 0.338 e. The Balaban J connectivity index is 0.000000248. The van der Waals surface area contributed by atoms with E-state index in [-0.39, 0.29) is 73.8 Å². The van der Waals surface area contributed by atoms with Gasteiger partial charge >= 0.3 is 35.8 Å². The SMILES string of the molecule is CC[C@H]1OC(=O)[C@H](C)[C@@H](OC2C[C@@](C)(OC)[C@@H](OC(=O)c3ccccc3)[C@H](C)O2)[C@H](C)[C@@H](OC2O[C@H](C)C[C@H](N(C)C)[C@H]2OC(=O)c2ccccc2)[C@@](C)(OC)C[C@@H](C)[C@@H]2OC(C)(C)O[C@H]([C@H]2C)[C@@]1(O)Cc1ccccc1.CC[C@H]1OC(=O)[C@H](C)[C@@H](OC2C[C@@](C)(OC)[C@@H](OC(=O)c3ccccc3)[C@H](C)O2)[C@H](C)[C@@H](OC2O[C@H](C)C[C@H](N(C)C)[C@H]2OC(=O)c2ccccc2)[C@@](C)(OC)C[C@@H](C)[C@@H]2OC(C)(C)O[C@H]([C@H]2C)[C@@]12CO2. The van der Waals surface area contributed by atoms with Crippen LogP contribution in [0.1, 0.15) is 251 Å². The molecule has 9 saturated heterocycles. The third-order valence-corrected chi connectivity index (χ3v) is 32.8. The molecule has 1 spiro atoms. The number of cyclic esters (lactones) is 2. The topological polar surface area (TPSA) is 345 Å². The molecule has 0 aromatic heterocycles. The Morgan fingerprint density at radius 3 is 1.03 bits per heavy atom. The number of epoxide rings is 1. The van der Waals surface area contributed by atoms with Gasteiger partial charge in [0.05, 0.1) is 131 Å². The number of hydrogen-bond donors (Lipinski definition) is 1. The van der Waals surface area contributed by atoms with Gasteiger partial charge in [-0.1, -0.05) is 159 Å². The fourth-order valence-electron chi connectivity index (χ4n) is 24.6. The van der Waals surface area contributed by atoms with Gasteiger partial charge in [0.15, 0.2) is 66.8 Å². The molecule has 0 amide bonds. The van der Waals surface area contributed by atoms with E-state index < -0.39 is 227 Å². The van der Waals surface area contributed by atoms with Gasteiger partial charge in [-0.05, 0) is 230 Å². The highest BCUT2D eigenvalue weighted by Crippen LogP contribution is 2.54. The molecule has 9 heterocycles. The van der Waals surface area contributed by atoms with Crippen molar-refractivity contribution in [2.45, 2.75) is 402 Å². The minimum absolute atomic E-state index is 0.0844. The zero-order chi connectivity index (χ0) is 108. The van der Waals surface area contributed by atoms with Gasteiger partial charge < -0.3 is 124 Å². The summed E-state index contributed by atoms with van der Waals surface area (Å²) >= 11 is 0. The Bertz CT molecular complexity index is 5120. The van der Waals surface area contributed by atoms with Crippen LogP contribution >= 0.6 is 0 Å². The van der Waals surface area contributed by atoms with E-state index >= 15 is 9.59 Å². The summed E-state index contributed by atoms with van der Waals surface area (Å²) in [5.74, 6) is -9.93. The number of fused-ring (bicyclic) bond motifs is 5. The van der Waals surface area contributed by atoms with Crippen LogP contribution in [0.3, 0.4) is 0 Å². The third kappa shape index (κ3) is 26.3. The second-order valence-electron chi connectivity index (χ2n) is 45.3. The number of aliphatic hydroxyl groups is 1. The summed E-state index contributed by atoms with van der Waals surface area (Å²) in [5.41, 5.74) is -4.83. The van der Waals surface area contributed by atoms with Gasteiger partial charge in [0.2, 0.25) is 0 Å². The van der Waals surface area contributed by atoms with Crippen LogP contribution in [0, 0.1) is 47.3 Å². The van der Waals surface area contributed by atoms with E-state index in [9.17, 15) is 24.3 Å². The Hall–Kier alpha value is -7.88. The molecule has 0 aliphatic carbocycles. The Morgan fingerprint density at radius 1 is 0.385 bits per heavy atom. The van der Waals surface area contributed by atoms with E-state index in [0.29, 0.717) is 61.0 Å². The molecule has 1 N–H and O–H groups in total. The molecule has 148 heavy (non-hydrogen) atoms. The first-order chi connectivity index (χ1) is 69.9. The van der Waals surface area contributed by atoms with Crippen LogP contribution in [0.4, 0.5) is 0 Å². The maximum absolute atomic E-state index is 15.4. The Kier molecular flexibility index (Phi) is 38.7. The van der Waals surface area contributed by atoms with Crippen LogP contribution in [0.5, 0.6) is 0 Å². The molecule has 822 valence electrons. The molecule has 4 unspecified atom stereocenters. The molecule has 5 aromatic rings. The lowest BCUT2D eigenvalue weighted by molar-refractivity contribution is -0.363. The average molecular weight is 2070 g/mol. The summed E-state index contributed by atoms with van der Waals surface area (Å²) in [5, 5.41) is 13.5. The minimum Gasteiger partial charge on any atom is -0.459 e. The lowest BCUT2D eigenvalue weighted by Crippen LogP contribution is -2.66. The van der Waals surface area contributed by atoms with Crippen molar-refractivity contribution in [2.24, 2.45) is 47.3 Å². The predicted octanol–water partition coefficient (Wildman–Crippen LogP) is 16.8. The minimum atomic E-state index is -1.75. The van der Waals surface area contributed by atoms with Gasteiger partial charge in [0.1, 0.15) is 35.1 Å². The normalized spacial score (nSPS) is 40.4. The van der Waals surface area contributed by atoms with Crippen molar-refractivity contribution in [3.8, 4) is 0 Å². The van der Waals surface area contributed by atoms with Crippen LogP contribution in [-0.4, -0.2) is 306 Å². The van der Waals surface area contributed by atoms with E-state index in [0.717, 1.165) is 5.56 Å². The molecule has 5 aromatic carbocycles. The highest BCUT2D eigenvalue weighted by Gasteiger charge is 2.67. The number of benzene rings is 5. The second kappa shape index (κ2) is 48.8. The number of rotatable bonds is 26. The lowest BCUT2D eigenvalue weighted by Gasteiger charge is -2.55. The number of hydrogen-bond acceptors (Lipinski definition) is 32. The molecule has 4 bridgehead atoms. The summed E-state index contributed by atoms with van der Waals surface area (Å²) in [6.07, 6.45) is -14.8. The van der Waals surface area contributed by atoms with Crippen LogP contribution in [0.25, 0.3) is 0 Å². The van der Waals surface area contributed by atoms with Crippen molar-refractivity contribution in [3.63, 3.8) is 0 Å². The molecule has 9 fully saturated rings. The van der Waals surface area contributed by atoms with Gasteiger partial charge in [-0.25, -0.2) is 19.2 Å². The van der Waals surface area contributed by atoms with Crippen LogP contribution in [0.15, 0.2) is 152 Å². The molecule has 32 heteroatoms. The molecule has 0 radical (unpaired) electrons. The lowest BCUT2D eigenvalue weighted by atomic mass is 9.71. The molecule has 38 atom stereocenters. The third-order valence-electron chi connectivity index (χ3n) is 32.8. The van der Waals surface area contributed by atoms with Crippen molar-refractivity contribution >= 4 is 35.8 Å². The summed E-state index contributed by atoms with van der Waals surface area (Å²) in [6, 6.07) is 44.2. The molecular weight excluding hydrogens is 1900 g/mol. The van der Waals surface area contributed by atoms with Crippen molar-refractivity contribution in [2.75, 3.05) is 63.2 Å². The standard InChI is InChI=1S/C61H87NO15.C55H81NO15/c1-16-46-61(66,34-42-26-20-17-21-27-42)52-38(4)48(76-58(8,9)77-52)36(2)33-59(10,67-14)51(75-57-50(45(62(12)13)32-37(3)69-57)73-55(64)43-28-22-18-23-29-43)39(5)49(40(6)54(63)71-46)72-47-35-60(11,68-15)53(41(7)70-47)74-56(65)44-30-24-19-25-31-44;1-16-40-55(30-62-55)46-33(4)42(70-52(8,9)71-46)31(2)28-53(10,60-14)45(69-51-44(39(56(12)13)27-32(3)63-51)67-49(58)37-23-19-17-20-24-37)34(5)43(35(6)48(57)65-40)66-41-29-54(11,61-15)47(36(7)64-41)68-50(59)38-25-21-18-22-26-38/h17-31,36-41,45-53,57,66H,16,32-35H2,1-15H3;17-26,31-36,39-47,51H,16,27-30H2,1-15H3/t36-,37-,38+,39+,40-,41+,45+,46-,47?,48+,49+,50-,51-,52-,53+,57?,59+,60-,61-;31-,32-,33+,34+,35-,36+,39+,40-,41?,42+,43+,44-,45-,46-,47+,51?,53+,54-,55-/m11/s1. The summed E-state index contributed by atoms with van der Waals surface area (Å²) in [4.78, 5) is 89.6. The van der Waals surface area contributed by atoms with Crippen molar-refractivity contribution in [3.05, 3.63) is 179 Å². The first-order valence-electron chi connectivity index (χ1n) is 53.2. The quantitative estimate of drug-likeness (QED) is 0.0305. The second-order valence-corrected chi connectivity index (χ2v) is 45.3. The molecule has 9 aliphatic heterocycles. The van der Waals surface area contributed by atoms with E-state index in [1.807, 2.05) is 203 Å². The zero-order valence-corrected chi connectivity index (χ0v) is 92.7. The smallest absolute Gasteiger partial charge is 0.338 e. The van der Waals surface area contributed by atoms with Crippen molar-refractivity contribution in [1.29, 1.82) is 0 Å². The van der Waals surface area contributed by atoms with Gasteiger partial charge in [-0.3, -0.25) is 9.59 Å². The number of nitrogens with zero attached hydrogens (tertiary/aromatic N) is 2. The summed E-state index contributed by atoms with van der Waals surface area (Å²) < 4.78 is 154. The number of carbonyl (C=O) groups excluding carboxylic acids is 6. The number of methoxy groups -OCH3 is 4. The number of ether oxygens (including phenoxy) is 23. The zero-order valence-electron chi connectivity index (χ0n) is 92.7. The highest BCUT2D eigenvalue weighted by atomic mass is 16.8. The van der Waals surface area contributed by atoms with Crippen molar-refractivity contribution < 1.29 is 143 Å². The molecule has 14 rings (SSSR count). The van der Waals surface area contributed by atoms with Crippen LogP contribution < -0.4 is 0 Å². The predicted molar refractivity (Wildman–Crippen MR) is 549 cm³/mol. The largest absolute Gasteiger partial charge is 0.459 e. The summed E-state index contributed by atoms with van der Waals surface area (Å²) in [6.45, 7) is 42.7. The monoisotopic (exact) mass is 2070 g/mol. The van der Waals surface area contributed by atoms with E-state index in [1.54, 1.807) is 146 Å². The first-order valence-corrected chi connectivity index (χ1v) is 53.2. The number of esters is 6. The Labute approximate surface area is 876 Å². The number of likely N-dealkylation sites (N-methyl/N-ethyl adjacent to an activating group) is 2. The van der Waals surface area contributed by atoms with Gasteiger partial charge in [0.25, 0.3) is 0 Å². The van der Waals surface area contributed by atoms with E-state index in [2.05, 4.69) is 20.8 Å². The van der Waals surface area contributed by atoms with Gasteiger partial charge in [-0.2, -0.15) is 0 Å². The first kappa shape index (κ1) is 117. The fraction of sp³-hybridized carbons (Fsp3) is 0.690. The van der Waals surface area contributed by atoms with Gasteiger partial charge in [-0.15, -0.1) is 0 Å². The average Bonchev–Trinajstić information content (AvgIpc) is 1.58. The van der Waals surface area contributed by atoms with Crippen molar-refractivity contribution in [1.82, 2.24) is 9.80 Å². The van der Waals surface area contributed by atoms with E-state index in [1.165, 1.54) is 0 Å².